The lowest BCUT2D eigenvalue weighted by Gasteiger charge is -2.18. The van der Waals surface area contributed by atoms with Crippen molar-refractivity contribution in [3.8, 4) is 0 Å². The molecule has 3 aromatic rings. The fraction of sp³-hybridized carbons (Fsp3) is 0.679. The first kappa shape index (κ1) is 30.2. The van der Waals surface area contributed by atoms with Gasteiger partial charge in [-0.3, -0.25) is 10.6 Å². The molecule has 0 aliphatic rings. The van der Waals surface area contributed by atoms with Crippen LogP contribution in [0.1, 0.15) is 110 Å². The molecule has 0 unspecified atom stereocenters. The topological polar surface area (TPSA) is 91.8 Å². The van der Waals surface area contributed by atoms with Gasteiger partial charge in [0, 0.05) is 36.7 Å². The quantitative estimate of drug-likeness (QED) is 0.118. The summed E-state index contributed by atoms with van der Waals surface area (Å²) in [5.74, 6) is 1.59. The SMILES string of the molecule is CCCCCCCCCCCCCCCCCCN(C)c1nc(Nc2nccs2)nc(Nc2nccs2)n1. The average molecular weight is 559 g/mol. The van der Waals surface area contributed by atoms with Gasteiger partial charge in [-0.25, -0.2) is 9.97 Å². The first-order valence-corrected chi connectivity index (χ1v) is 16.3. The van der Waals surface area contributed by atoms with Gasteiger partial charge in [0.15, 0.2) is 10.3 Å². The molecule has 2 N–H and O–H groups in total. The van der Waals surface area contributed by atoms with E-state index in [1.54, 1.807) is 12.4 Å². The van der Waals surface area contributed by atoms with Gasteiger partial charge < -0.3 is 4.90 Å². The maximum absolute atomic E-state index is 4.63. The normalized spacial score (nSPS) is 11.1. The molecular weight excluding hydrogens is 512 g/mol. The Kier molecular flexibility index (Phi) is 15.0. The minimum atomic E-state index is 0.475. The molecule has 0 atom stereocenters. The maximum atomic E-state index is 4.63. The molecule has 10 heteroatoms. The van der Waals surface area contributed by atoms with Crippen molar-refractivity contribution in [2.75, 3.05) is 29.1 Å². The highest BCUT2D eigenvalue weighted by atomic mass is 32.1. The largest absolute Gasteiger partial charge is 0.344 e. The predicted molar refractivity (Wildman–Crippen MR) is 163 cm³/mol. The predicted octanol–water partition coefficient (Wildman–Crippen LogP) is 8.97. The molecule has 3 aromatic heterocycles. The summed E-state index contributed by atoms with van der Waals surface area (Å²) in [6, 6.07) is 0. The van der Waals surface area contributed by atoms with Crippen LogP contribution in [0.15, 0.2) is 23.2 Å². The van der Waals surface area contributed by atoms with Crippen LogP contribution in [-0.4, -0.2) is 38.5 Å². The van der Waals surface area contributed by atoms with Crippen molar-refractivity contribution in [2.24, 2.45) is 0 Å². The molecule has 0 spiro atoms. The first-order valence-electron chi connectivity index (χ1n) is 14.5. The fourth-order valence-corrected chi connectivity index (χ4v) is 5.45. The van der Waals surface area contributed by atoms with Crippen molar-refractivity contribution < 1.29 is 0 Å². The molecule has 0 radical (unpaired) electrons. The number of hydrogen-bond donors (Lipinski definition) is 2. The van der Waals surface area contributed by atoms with Gasteiger partial charge in [-0.2, -0.15) is 15.0 Å². The first-order chi connectivity index (χ1) is 18.7. The van der Waals surface area contributed by atoms with Gasteiger partial charge in [0.1, 0.15) is 0 Å². The summed E-state index contributed by atoms with van der Waals surface area (Å²) in [5, 5.41) is 11.7. The Morgan fingerprint density at radius 1 is 0.605 bits per heavy atom. The molecule has 3 rings (SSSR count). The number of rotatable bonds is 22. The van der Waals surface area contributed by atoms with E-state index in [1.807, 2.05) is 17.8 Å². The standard InChI is InChI=1S/C28H46N8S2/c1-3-4-5-6-7-8-9-10-11-12-13-14-15-16-17-18-21-36(2)26-32-24(34-27-29-19-22-37-27)31-25(33-26)35-28-30-20-23-38-28/h19-20,22-23H,3-18,21H2,1-2H3,(H2,29,30,31,32,33,34,35). The van der Waals surface area contributed by atoms with E-state index in [2.05, 4.69) is 47.4 Å². The van der Waals surface area contributed by atoms with E-state index in [1.165, 1.54) is 119 Å². The smallest absolute Gasteiger partial charge is 0.235 e. The van der Waals surface area contributed by atoms with E-state index in [-0.39, 0.29) is 0 Å². The van der Waals surface area contributed by atoms with Crippen LogP contribution in [0.25, 0.3) is 0 Å². The molecule has 0 aliphatic carbocycles. The Hall–Kier alpha value is -2.33. The van der Waals surface area contributed by atoms with Crippen LogP contribution < -0.4 is 15.5 Å². The summed E-state index contributed by atoms with van der Waals surface area (Å²) < 4.78 is 0. The number of hydrogen-bond acceptors (Lipinski definition) is 10. The Morgan fingerprint density at radius 2 is 1.03 bits per heavy atom. The van der Waals surface area contributed by atoms with Crippen molar-refractivity contribution in [1.82, 2.24) is 24.9 Å². The van der Waals surface area contributed by atoms with E-state index in [0.717, 1.165) is 23.2 Å². The third kappa shape index (κ3) is 12.5. The number of thiazole rings is 2. The van der Waals surface area contributed by atoms with Crippen LogP contribution in [0.5, 0.6) is 0 Å². The van der Waals surface area contributed by atoms with Crippen LogP contribution in [-0.2, 0) is 0 Å². The van der Waals surface area contributed by atoms with Crippen LogP contribution in [0.3, 0.4) is 0 Å². The molecule has 3 heterocycles. The third-order valence-electron chi connectivity index (χ3n) is 6.61. The Labute approximate surface area is 237 Å². The monoisotopic (exact) mass is 558 g/mol. The van der Waals surface area contributed by atoms with Gasteiger partial charge in [0.25, 0.3) is 0 Å². The number of aromatic nitrogens is 5. The lowest BCUT2D eigenvalue weighted by atomic mass is 10.0. The van der Waals surface area contributed by atoms with E-state index in [9.17, 15) is 0 Å². The zero-order chi connectivity index (χ0) is 26.7. The number of unbranched alkanes of at least 4 members (excludes halogenated alkanes) is 15. The summed E-state index contributed by atoms with van der Waals surface area (Å²) in [7, 11) is 2.04. The minimum Gasteiger partial charge on any atom is -0.344 e. The summed E-state index contributed by atoms with van der Waals surface area (Å²) in [5.41, 5.74) is 0. The molecule has 0 aliphatic heterocycles. The molecular formula is C28H46N8S2. The highest BCUT2D eigenvalue weighted by molar-refractivity contribution is 7.13. The molecule has 0 fully saturated rings. The molecule has 210 valence electrons. The van der Waals surface area contributed by atoms with Crippen LogP contribution in [0, 0.1) is 0 Å². The number of nitrogens with zero attached hydrogens (tertiary/aromatic N) is 6. The van der Waals surface area contributed by atoms with E-state index < -0.39 is 0 Å². The maximum Gasteiger partial charge on any atom is 0.235 e. The van der Waals surface area contributed by atoms with Gasteiger partial charge in [-0.05, 0) is 6.42 Å². The van der Waals surface area contributed by atoms with Crippen LogP contribution in [0.2, 0.25) is 0 Å². The van der Waals surface area contributed by atoms with Crippen molar-refractivity contribution in [1.29, 1.82) is 0 Å². The molecule has 0 saturated heterocycles. The third-order valence-corrected chi connectivity index (χ3v) is 7.99. The second-order valence-electron chi connectivity index (χ2n) is 9.93. The van der Waals surface area contributed by atoms with Gasteiger partial charge in [-0.15, -0.1) is 22.7 Å². The minimum absolute atomic E-state index is 0.475. The lowest BCUT2D eigenvalue weighted by molar-refractivity contribution is 0.529. The van der Waals surface area contributed by atoms with Crippen LogP contribution in [0.4, 0.5) is 28.1 Å². The van der Waals surface area contributed by atoms with E-state index in [4.69, 9.17) is 0 Å². The van der Waals surface area contributed by atoms with Crippen molar-refractivity contribution >= 4 is 50.8 Å². The Bertz CT molecular complexity index is 911. The molecule has 0 aromatic carbocycles. The summed E-state index contributed by atoms with van der Waals surface area (Å²) in [6.45, 7) is 3.20. The van der Waals surface area contributed by atoms with Crippen molar-refractivity contribution in [2.45, 2.75) is 110 Å². The molecule has 8 nitrogen and oxygen atoms in total. The van der Waals surface area contributed by atoms with Gasteiger partial charge in [0.05, 0.1) is 0 Å². The second kappa shape index (κ2) is 18.8. The molecule has 0 saturated carbocycles. The summed E-state index contributed by atoms with van der Waals surface area (Å²) in [6.07, 6.45) is 25.5. The van der Waals surface area contributed by atoms with Gasteiger partial charge in [0.2, 0.25) is 17.8 Å². The van der Waals surface area contributed by atoms with Gasteiger partial charge >= 0.3 is 0 Å². The molecule has 38 heavy (non-hydrogen) atoms. The van der Waals surface area contributed by atoms with E-state index in [0.29, 0.717) is 17.8 Å². The summed E-state index contributed by atoms with van der Waals surface area (Å²) >= 11 is 3.02. The number of anilines is 5. The lowest BCUT2D eigenvalue weighted by Crippen LogP contribution is -2.22. The van der Waals surface area contributed by atoms with E-state index >= 15 is 0 Å². The fourth-order valence-electron chi connectivity index (χ4n) is 4.41. The Morgan fingerprint density at radius 3 is 1.42 bits per heavy atom. The summed E-state index contributed by atoms with van der Waals surface area (Å²) in [4.78, 5) is 24.4. The molecule has 0 amide bonds. The highest BCUT2D eigenvalue weighted by Crippen LogP contribution is 2.22. The second-order valence-corrected chi connectivity index (χ2v) is 11.7. The van der Waals surface area contributed by atoms with Crippen LogP contribution >= 0.6 is 22.7 Å². The van der Waals surface area contributed by atoms with Gasteiger partial charge in [-0.1, -0.05) is 103 Å². The van der Waals surface area contributed by atoms with Crippen molar-refractivity contribution in [3.63, 3.8) is 0 Å². The van der Waals surface area contributed by atoms with Crippen molar-refractivity contribution in [3.05, 3.63) is 23.2 Å². The zero-order valence-electron chi connectivity index (χ0n) is 23.3. The highest BCUT2D eigenvalue weighted by Gasteiger charge is 2.12. The molecule has 0 bridgehead atoms. The average Bonchev–Trinajstić information content (AvgIpc) is 3.63. The Balaban J connectivity index is 1.28. The number of nitrogens with one attached hydrogen (secondary N) is 2. The zero-order valence-corrected chi connectivity index (χ0v) is 25.0.